The smallest absolute Gasteiger partial charge is 0.322 e. The number of urea groups is 1. The Hall–Kier alpha value is -3.20. The Kier molecular flexibility index (Phi) is 6.01. The number of imide groups is 1. The highest BCUT2D eigenvalue weighted by Gasteiger charge is 2.48. The molecule has 32 heavy (non-hydrogen) atoms. The van der Waals surface area contributed by atoms with Gasteiger partial charge in [-0.1, -0.05) is 17.7 Å². The Balaban J connectivity index is 1.43. The highest BCUT2D eigenvalue weighted by atomic mass is 35.5. The number of benzene rings is 1. The van der Waals surface area contributed by atoms with Crippen LogP contribution in [0.15, 0.2) is 42.7 Å². The van der Waals surface area contributed by atoms with Gasteiger partial charge < -0.3 is 15.1 Å². The maximum Gasteiger partial charge on any atom is 0.322 e. The number of anilines is 1. The molecule has 3 heterocycles. The topological polar surface area (TPSA) is 94.6 Å². The zero-order valence-electron chi connectivity index (χ0n) is 17.5. The summed E-state index contributed by atoms with van der Waals surface area (Å²) in [4.78, 5) is 45.4. The molecule has 1 unspecified atom stereocenters. The second kappa shape index (κ2) is 8.74. The molecule has 2 N–H and O–H groups in total. The molecule has 0 radical (unpaired) electrons. The molecule has 8 nitrogen and oxygen atoms in total. The third kappa shape index (κ3) is 4.12. The van der Waals surface area contributed by atoms with Gasteiger partial charge in [0.15, 0.2) is 0 Å². The Morgan fingerprint density at radius 3 is 2.75 bits per heavy atom. The largest absolute Gasteiger partial charge is 0.368 e. The van der Waals surface area contributed by atoms with Gasteiger partial charge in [0, 0.05) is 55.7 Å². The molecule has 10 heteroatoms. The van der Waals surface area contributed by atoms with Crippen LogP contribution in [-0.4, -0.2) is 53.4 Å². The lowest BCUT2D eigenvalue weighted by molar-refractivity contribution is -0.134. The Bertz CT molecular complexity index is 1050. The number of aromatic nitrogens is 1. The van der Waals surface area contributed by atoms with E-state index in [4.69, 9.17) is 11.6 Å². The van der Waals surface area contributed by atoms with Crippen LogP contribution in [0.2, 0.25) is 5.02 Å². The predicted molar refractivity (Wildman–Crippen MR) is 117 cm³/mol. The number of nitrogens with zero attached hydrogens (tertiary/aromatic N) is 3. The van der Waals surface area contributed by atoms with E-state index in [1.54, 1.807) is 35.4 Å². The quantitative estimate of drug-likeness (QED) is 0.670. The number of carbonyl (C=O) groups excluding carboxylic acids is 3. The van der Waals surface area contributed by atoms with Crippen molar-refractivity contribution in [3.05, 3.63) is 59.1 Å². The molecule has 0 aliphatic carbocycles. The monoisotopic (exact) mass is 459 g/mol. The summed E-state index contributed by atoms with van der Waals surface area (Å²) in [5.41, 5.74) is 0.00938. The minimum atomic E-state index is -1.32. The molecule has 0 spiro atoms. The molecule has 2 aliphatic heterocycles. The first-order valence-electron chi connectivity index (χ1n) is 10.3. The maximum atomic E-state index is 13.5. The molecular formula is C22H23ClFN5O3. The van der Waals surface area contributed by atoms with E-state index in [0.717, 1.165) is 5.69 Å². The van der Waals surface area contributed by atoms with E-state index in [2.05, 4.69) is 20.5 Å². The van der Waals surface area contributed by atoms with Gasteiger partial charge in [-0.25, -0.2) is 9.18 Å². The van der Waals surface area contributed by atoms with Crippen LogP contribution < -0.4 is 15.5 Å². The van der Waals surface area contributed by atoms with Crippen molar-refractivity contribution in [1.29, 1.82) is 0 Å². The molecule has 2 fully saturated rings. The van der Waals surface area contributed by atoms with Crippen LogP contribution in [0.1, 0.15) is 25.3 Å². The van der Waals surface area contributed by atoms with Crippen molar-refractivity contribution in [2.45, 2.75) is 31.3 Å². The van der Waals surface area contributed by atoms with E-state index in [1.165, 1.54) is 12.3 Å². The molecule has 168 valence electrons. The summed E-state index contributed by atoms with van der Waals surface area (Å²) in [5, 5.41) is 5.01. The molecule has 2 aliphatic rings. The van der Waals surface area contributed by atoms with Gasteiger partial charge >= 0.3 is 6.03 Å². The van der Waals surface area contributed by atoms with Crippen LogP contribution >= 0.6 is 11.6 Å². The molecule has 1 aromatic carbocycles. The maximum absolute atomic E-state index is 13.5. The molecule has 1 aromatic heterocycles. The third-order valence-corrected chi connectivity index (χ3v) is 6.32. The number of pyridine rings is 1. The van der Waals surface area contributed by atoms with Crippen molar-refractivity contribution < 1.29 is 18.8 Å². The summed E-state index contributed by atoms with van der Waals surface area (Å²) in [6.07, 6.45) is 3.29. The minimum Gasteiger partial charge on any atom is -0.368 e. The van der Waals surface area contributed by atoms with E-state index in [-0.39, 0.29) is 29.8 Å². The Morgan fingerprint density at radius 2 is 2.12 bits per heavy atom. The van der Waals surface area contributed by atoms with Crippen LogP contribution in [0.5, 0.6) is 0 Å². The predicted octanol–water partition coefficient (Wildman–Crippen LogP) is 2.43. The number of rotatable bonds is 5. The van der Waals surface area contributed by atoms with Gasteiger partial charge in [-0.3, -0.25) is 19.9 Å². The van der Waals surface area contributed by atoms with Gasteiger partial charge in [0.2, 0.25) is 5.91 Å². The van der Waals surface area contributed by atoms with Gasteiger partial charge in [-0.05, 0) is 37.6 Å². The fourth-order valence-corrected chi connectivity index (χ4v) is 4.49. The van der Waals surface area contributed by atoms with E-state index in [0.29, 0.717) is 25.2 Å². The average molecular weight is 460 g/mol. The van der Waals surface area contributed by atoms with Crippen LogP contribution in [-0.2, 0) is 15.1 Å². The first kappa shape index (κ1) is 22.0. The van der Waals surface area contributed by atoms with E-state index in [9.17, 15) is 18.8 Å². The summed E-state index contributed by atoms with van der Waals surface area (Å²) < 4.78 is 13.5. The number of nitrogens with one attached hydrogen (secondary N) is 2. The van der Waals surface area contributed by atoms with Crippen LogP contribution in [0.3, 0.4) is 0 Å². The molecule has 4 amide bonds. The number of carbonyl (C=O) groups is 3. The number of amides is 4. The summed E-state index contributed by atoms with van der Waals surface area (Å²) in [7, 11) is 0. The normalized spacial score (nSPS) is 23.2. The zero-order valence-corrected chi connectivity index (χ0v) is 18.2. The van der Waals surface area contributed by atoms with Gasteiger partial charge in [0.1, 0.15) is 11.4 Å². The Morgan fingerprint density at radius 1 is 1.31 bits per heavy atom. The van der Waals surface area contributed by atoms with Crippen molar-refractivity contribution in [2.24, 2.45) is 0 Å². The highest BCUT2D eigenvalue weighted by molar-refractivity contribution is 6.31. The third-order valence-electron chi connectivity index (χ3n) is 6.03. The average Bonchev–Trinajstić information content (AvgIpc) is 3.08. The standard InChI is InChI=1S/C22H23ClFN5O3/c1-14-13-28(16-4-5-18(24)17(23)11-16)9-10-29(14)19(30)6-7-22(15-3-2-8-25-12-15)20(31)26-21(32)27-22/h2-5,8,11-12,14H,6-7,9-10,13H2,1H3,(H2,26,27,31,32)/t14-,22?/m1/s1. The number of hydrogen-bond acceptors (Lipinski definition) is 5. The first-order chi connectivity index (χ1) is 15.3. The van der Waals surface area contributed by atoms with Crippen molar-refractivity contribution in [1.82, 2.24) is 20.5 Å². The van der Waals surface area contributed by atoms with Gasteiger partial charge in [0.05, 0.1) is 5.02 Å². The second-order valence-electron chi connectivity index (χ2n) is 8.04. The van der Waals surface area contributed by atoms with Crippen LogP contribution in [0.25, 0.3) is 0 Å². The second-order valence-corrected chi connectivity index (χ2v) is 8.44. The summed E-state index contributed by atoms with van der Waals surface area (Å²) in [5.74, 6) is -1.07. The molecule has 2 atom stereocenters. The summed E-state index contributed by atoms with van der Waals surface area (Å²) in [6, 6.07) is 7.29. The summed E-state index contributed by atoms with van der Waals surface area (Å²) >= 11 is 5.90. The number of hydrogen-bond donors (Lipinski definition) is 2. The lowest BCUT2D eigenvalue weighted by Crippen LogP contribution is -2.54. The highest BCUT2D eigenvalue weighted by Crippen LogP contribution is 2.31. The van der Waals surface area contributed by atoms with E-state index >= 15 is 0 Å². The van der Waals surface area contributed by atoms with E-state index < -0.39 is 23.3 Å². The van der Waals surface area contributed by atoms with Crippen molar-refractivity contribution in [3.8, 4) is 0 Å². The zero-order chi connectivity index (χ0) is 22.9. The number of piperazine rings is 1. The summed E-state index contributed by atoms with van der Waals surface area (Å²) in [6.45, 7) is 3.56. The lowest BCUT2D eigenvalue weighted by atomic mass is 9.86. The fraction of sp³-hybridized carbons (Fsp3) is 0.364. The van der Waals surface area contributed by atoms with Gasteiger partial charge in [0.25, 0.3) is 5.91 Å². The lowest BCUT2D eigenvalue weighted by Gasteiger charge is -2.41. The minimum absolute atomic E-state index is 0.0613. The van der Waals surface area contributed by atoms with Crippen molar-refractivity contribution in [2.75, 3.05) is 24.5 Å². The SMILES string of the molecule is C[C@@H]1CN(c2ccc(F)c(Cl)c2)CCN1C(=O)CCC1(c2cccnc2)NC(=O)NC1=O. The molecule has 0 saturated carbocycles. The number of halogens is 2. The fourth-order valence-electron chi connectivity index (χ4n) is 4.31. The van der Waals surface area contributed by atoms with Gasteiger partial charge in [-0.15, -0.1) is 0 Å². The molecule has 2 aromatic rings. The molecular weight excluding hydrogens is 437 g/mol. The molecule has 0 bridgehead atoms. The Labute approximate surface area is 189 Å². The van der Waals surface area contributed by atoms with Crippen molar-refractivity contribution in [3.63, 3.8) is 0 Å². The first-order valence-corrected chi connectivity index (χ1v) is 10.7. The van der Waals surface area contributed by atoms with E-state index in [1.807, 2.05) is 6.92 Å². The van der Waals surface area contributed by atoms with Crippen molar-refractivity contribution >= 4 is 35.1 Å². The molecule has 4 rings (SSSR count). The van der Waals surface area contributed by atoms with Gasteiger partial charge in [-0.2, -0.15) is 0 Å². The van der Waals surface area contributed by atoms with Crippen LogP contribution in [0, 0.1) is 5.82 Å². The van der Waals surface area contributed by atoms with Crippen LogP contribution in [0.4, 0.5) is 14.9 Å². The molecule has 2 saturated heterocycles.